The van der Waals surface area contributed by atoms with Crippen molar-refractivity contribution in [1.29, 1.82) is 0 Å². The summed E-state index contributed by atoms with van der Waals surface area (Å²) in [4.78, 5) is 25.3. The summed E-state index contributed by atoms with van der Waals surface area (Å²) in [7, 11) is 0. The monoisotopic (exact) mass is 255 g/mol. The molecule has 2 atom stereocenters. The number of nitrogens with zero attached hydrogens (tertiary/aromatic N) is 1. The minimum Gasteiger partial charge on any atom is -0.367 e. The number of hydrogen-bond acceptors (Lipinski definition) is 4. The van der Waals surface area contributed by atoms with Crippen LogP contribution in [-0.2, 0) is 14.3 Å². The second-order valence-corrected chi connectivity index (χ2v) is 5.23. The van der Waals surface area contributed by atoms with E-state index < -0.39 is 17.6 Å². The zero-order valence-electron chi connectivity index (χ0n) is 10.8. The molecule has 2 saturated heterocycles. The number of ether oxygens (including phenoxy) is 1. The van der Waals surface area contributed by atoms with Crippen LogP contribution < -0.4 is 11.1 Å². The first kappa shape index (κ1) is 13.3. The van der Waals surface area contributed by atoms with Crippen LogP contribution in [-0.4, -0.2) is 54.6 Å². The minimum atomic E-state index is -0.671. The molecule has 0 aromatic carbocycles. The number of carbonyl (C=O) groups excluding carboxylic acids is 2. The summed E-state index contributed by atoms with van der Waals surface area (Å²) in [5.41, 5.74) is 4.72. The van der Waals surface area contributed by atoms with Crippen molar-refractivity contribution in [3.8, 4) is 0 Å². The third-order valence-corrected chi connectivity index (χ3v) is 3.76. The van der Waals surface area contributed by atoms with Crippen molar-refractivity contribution in [3.05, 3.63) is 0 Å². The fourth-order valence-electron chi connectivity index (χ4n) is 2.59. The van der Waals surface area contributed by atoms with Crippen molar-refractivity contribution >= 4 is 11.8 Å². The van der Waals surface area contributed by atoms with E-state index in [9.17, 15) is 9.59 Å². The SMILES string of the molecule is C[C@]1(C(=O)N2CCO[C@@H](C(N)=O)C2)CCCCN1. The second kappa shape index (κ2) is 5.24. The van der Waals surface area contributed by atoms with Gasteiger partial charge in [-0.3, -0.25) is 9.59 Å². The molecule has 2 rings (SSSR count). The molecule has 0 aliphatic carbocycles. The molecule has 0 unspecified atom stereocenters. The Labute approximate surface area is 107 Å². The Morgan fingerprint density at radius 3 is 2.83 bits per heavy atom. The minimum absolute atomic E-state index is 0.0525. The molecule has 6 heteroatoms. The molecule has 0 radical (unpaired) electrons. The fraction of sp³-hybridized carbons (Fsp3) is 0.833. The van der Waals surface area contributed by atoms with Gasteiger partial charge in [0, 0.05) is 6.54 Å². The molecule has 6 nitrogen and oxygen atoms in total. The summed E-state index contributed by atoms with van der Waals surface area (Å²) < 4.78 is 5.25. The van der Waals surface area contributed by atoms with Gasteiger partial charge >= 0.3 is 0 Å². The van der Waals surface area contributed by atoms with E-state index in [0.717, 1.165) is 25.8 Å². The molecule has 2 fully saturated rings. The Balaban J connectivity index is 2.01. The van der Waals surface area contributed by atoms with Gasteiger partial charge in [0.1, 0.15) is 0 Å². The highest BCUT2D eigenvalue weighted by molar-refractivity contribution is 5.87. The summed E-state index contributed by atoms with van der Waals surface area (Å²) in [5, 5.41) is 3.29. The topological polar surface area (TPSA) is 84.7 Å². The van der Waals surface area contributed by atoms with Gasteiger partial charge in [-0.05, 0) is 32.7 Å². The Morgan fingerprint density at radius 1 is 1.44 bits per heavy atom. The summed E-state index contributed by atoms with van der Waals surface area (Å²) in [6, 6.07) is 0. The number of piperidine rings is 1. The van der Waals surface area contributed by atoms with Crippen LogP contribution in [0.4, 0.5) is 0 Å². The summed E-state index contributed by atoms with van der Waals surface area (Å²) in [5.74, 6) is -0.453. The van der Waals surface area contributed by atoms with E-state index in [0.29, 0.717) is 13.2 Å². The third kappa shape index (κ3) is 2.64. The third-order valence-electron chi connectivity index (χ3n) is 3.76. The highest BCUT2D eigenvalue weighted by atomic mass is 16.5. The van der Waals surface area contributed by atoms with Gasteiger partial charge in [0.05, 0.1) is 18.7 Å². The highest BCUT2D eigenvalue weighted by Gasteiger charge is 2.39. The lowest BCUT2D eigenvalue weighted by Crippen LogP contribution is -2.61. The molecule has 102 valence electrons. The van der Waals surface area contributed by atoms with Gasteiger partial charge < -0.3 is 20.7 Å². The standard InChI is InChI=1S/C12H21N3O3/c1-12(4-2-3-5-14-12)11(17)15-6-7-18-9(8-15)10(13)16/h9,14H,2-8H2,1H3,(H2,13,16)/t9-,12-/m1/s1. The number of nitrogens with two attached hydrogens (primary N) is 1. The van der Waals surface area contributed by atoms with E-state index in [1.54, 1.807) is 4.90 Å². The predicted molar refractivity (Wildman–Crippen MR) is 65.8 cm³/mol. The van der Waals surface area contributed by atoms with Crippen LogP contribution in [0.2, 0.25) is 0 Å². The first-order chi connectivity index (χ1) is 8.53. The fourth-order valence-corrected chi connectivity index (χ4v) is 2.59. The first-order valence-corrected chi connectivity index (χ1v) is 6.48. The van der Waals surface area contributed by atoms with Crippen molar-refractivity contribution in [3.63, 3.8) is 0 Å². The van der Waals surface area contributed by atoms with E-state index >= 15 is 0 Å². The van der Waals surface area contributed by atoms with Gasteiger partial charge in [-0.25, -0.2) is 0 Å². The molecule has 0 spiro atoms. The summed E-state index contributed by atoms with van der Waals surface area (Å²) >= 11 is 0. The zero-order chi connectivity index (χ0) is 13.2. The average molecular weight is 255 g/mol. The van der Waals surface area contributed by atoms with Crippen molar-refractivity contribution in [2.45, 2.75) is 37.8 Å². The maximum atomic E-state index is 12.5. The molecule has 18 heavy (non-hydrogen) atoms. The van der Waals surface area contributed by atoms with E-state index in [2.05, 4.69) is 5.32 Å². The number of primary amides is 1. The zero-order valence-corrected chi connectivity index (χ0v) is 10.8. The van der Waals surface area contributed by atoms with Crippen LogP contribution in [0.15, 0.2) is 0 Å². The molecule has 0 saturated carbocycles. The lowest BCUT2D eigenvalue weighted by atomic mass is 9.89. The number of amides is 2. The van der Waals surface area contributed by atoms with Crippen LogP contribution in [0.5, 0.6) is 0 Å². The molecule has 2 heterocycles. The van der Waals surface area contributed by atoms with E-state index in [1.165, 1.54) is 0 Å². The Hall–Kier alpha value is -1.14. The number of hydrogen-bond donors (Lipinski definition) is 2. The molecular weight excluding hydrogens is 234 g/mol. The average Bonchev–Trinajstić information content (AvgIpc) is 2.39. The lowest BCUT2D eigenvalue weighted by Gasteiger charge is -2.40. The van der Waals surface area contributed by atoms with E-state index in [4.69, 9.17) is 10.5 Å². The largest absolute Gasteiger partial charge is 0.367 e. The maximum absolute atomic E-state index is 12.5. The molecule has 0 aromatic rings. The van der Waals surface area contributed by atoms with Crippen molar-refractivity contribution in [2.24, 2.45) is 5.73 Å². The first-order valence-electron chi connectivity index (χ1n) is 6.48. The van der Waals surface area contributed by atoms with Gasteiger partial charge in [0.25, 0.3) is 0 Å². The molecule has 2 amide bonds. The van der Waals surface area contributed by atoms with E-state index in [1.807, 2.05) is 6.92 Å². The molecular formula is C12H21N3O3. The second-order valence-electron chi connectivity index (χ2n) is 5.23. The highest BCUT2D eigenvalue weighted by Crippen LogP contribution is 2.22. The normalized spacial score (nSPS) is 33.2. The molecule has 0 aromatic heterocycles. The smallest absolute Gasteiger partial charge is 0.248 e. The van der Waals surface area contributed by atoms with Crippen LogP contribution in [0.3, 0.4) is 0 Å². The van der Waals surface area contributed by atoms with Crippen LogP contribution in [0.25, 0.3) is 0 Å². The quantitative estimate of drug-likeness (QED) is 0.678. The van der Waals surface area contributed by atoms with Gasteiger partial charge in [-0.15, -0.1) is 0 Å². The predicted octanol–water partition coefficient (Wildman–Crippen LogP) is -0.769. The Kier molecular flexibility index (Phi) is 3.87. The van der Waals surface area contributed by atoms with Crippen LogP contribution in [0, 0.1) is 0 Å². The summed E-state index contributed by atoms with van der Waals surface area (Å²) in [6.07, 6.45) is 2.33. The van der Waals surface area contributed by atoms with Crippen LogP contribution >= 0.6 is 0 Å². The maximum Gasteiger partial charge on any atom is 0.248 e. The number of nitrogens with one attached hydrogen (secondary N) is 1. The number of rotatable bonds is 2. The van der Waals surface area contributed by atoms with Gasteiger partial charge in [0.15, 0.2) is 6.10 Å². The number of carbonyl (C=O) groups is 2. The van der Waals surface area contributed by atoms with Gasteiger partial charge in [-0.1, -0.05) is 0 Å². The number of morpholine rings is 1. The Bertz CT molecular complexity index is 339. The Morgan fingerprint density at radius 2 is 2.22 bits per heavy atom. The molecule has 2 aliphatic rings. The van der Waals surface area contributed by atoms with Crippen LogP contribution in [0.1, 0.15) is 26.2 Å². The van der Waals surface area contributed by atoms with E-state index in [-0.39, 0.29) is 12.5 Å². The van der Waals surface area contributed by atoms with Crippen molar-refractivity contribution < 1.29 is 14.3 Å². The van der Waals surface area contributed by atoms with Crippen molar-refractivity contribution in [2.75, 3.05) is 26.2 Å². The summed E-state index contributed by atoms with van der Waals surface area (Å²) in [6.45, 7) is 3.97. The van der Waals surface area contributed by atoms with Gasteiger partial charge in [0.2, 0.25) is 11.8 Å². The molecule has 3 N–H and O–H groups in total. The molecule has 0 bridgehead atoms. The van der Waals surface area contributed by atoms with Gasteiger partial charge in [-0.2, -0.15) is 0 Å². The van der Waals surface area contributed by atoms with Crippen molar-refractivity contribution in [1.82, 2.24) is 10.2 Å². The molecule has 2 aliphatic heterocycles. The lowest BCUT2D eigenvalue weighted by molar-refractivity contribution is -0.150.